The van der Waals surface area contributed by atoms with E-state index in [0.717, 1.165) is 32.2 Å². The van der Waals surface area contributed by atoms with Crippen molar-refractivity contribution in [2.45, 2.75) is 72.1 Å². The van der Waals surface area contributed by atoms with Gasteiger partial charge >= 0.3 is 0 Å². The van der Waals surface area contributed by atoms with Crippen LogP contribution in [0.25, 0.3) is 0 Å². The van der Waals surface area contributed by atoms with Crippen LogP contribution in [0.4, 0.5) is 0 Å². The summed E-state index contributed by atoms with van der Waals surface area (Å²) < 4.78 is 5.88. The second-order valence-corrected chi connectivity index (χ2v) is 7.37. The molecule has 1 saturated heterocycles. The number of ether oxygens (including phenoxy) is 1. The molecule has 3 nitrogen and oxygen atoms in total. The molecule has 0 spiro atoms. The molecule has 0 aromatic rings. The Hall–Kier alpha value is -0.120. The van der Waals surface area contributed by atoms with Gasteiger partial charge in [-0.25, -0.2) is 0 Å². The van der Waals surface area contributed by atoms with Crippen LogP contribution in [0.5, 0.6) is 0 Å². The second-order valence-electron chi connectivity index (χ2n) is 7.37. The summed E-state index contributed by atoms with van der Waals surface area (Å²) in [7, 11) is 0. The highest BCUT2D eigenvalue weighted by molar-refractivity contribution is 4.81. The summed E-state index contributed by atoms with van der Waals surface area (Å²) in [6, 6.07) is 1.30. The van der Waals surface area contributed by atoms with E-state index in [-0.39, 0.29) is 5.60 Å². The minimum absolute atomic E-state index is 0.0231. The van der Waals surface area contributed by atoms with E-state index in [4.69, 9.17) is 4.74 Å². The Bertz CT molecular complexity index is 248. The molecule has 1 heterocycles. The molecular weight excluding hydrogens is 236 g/mol. The van der Waals surface area contributed by atoms with E-state index >= 15 is 0 Å². The van der Waals surface area contributed by atoms with Gasteiger partial charge in [0.25, 0.3) is 0 Å². The zero-order valence-electron chi connectivity index (χ0n) is 13.8. The third-order valence-corrected chi connectivity index (χ3v) is 3.74. The summed E-state index contributed by atoms with van der Waals surface area (Å²) in [5.74, 6) is 0.763. The van der Waals surface area contributed by atoms with Crippen molar-refractivity contribution >= 4 is 0 Å². The lowest BCUT2D eigenvalue weighted by atomic mass is 10.0. The second kappa shape index (κ2) is 7.61. The van der Waals surface area contributed by atoms with Crippen LogP contribution in [0.2, 0.25) is 0 Å². The van der Waals surface area contributed by atoms with E-state index in [1.165, 1.54) is 12.8 Å². The summed E-state index contributed by atoms with van der Waals surface area (Å²) in [6.07, 6.45) is 2.51. The van der Waals surface area contributed by atoms with Gasteiger partial charge in [0.05, 0.1) is 12.2 Å². The van der Waals surface area contributed by atoms with E-state index in [1.54, 1.807) is 0 Å². The lowest BCUT2D eigenvalue weighted by molar-refractivity contribution is -0.0172. The highest BCUT2D eigenvalue weighted by Crippen LogP contribution is 2.14. The van der Waals surface area contributed by atoms with Crippen molar-refractivity contribution < 1.29 is 4.74 Å². The molecular formula is C16H34N2O. The fourth-order valence-electron chi connectivity index (χ4n) is 2.71. The van der Waals surface area contributed by atoms with Gasteiger partial charge in [0.15, 0.2) is 0 Å². The Morgan fingerprint density at radius 2 is 2.00 bits per heavy atom. The highest BCUT2D eigenvalue weighted by Gasteiger charge is 2.23. The van der Waals surface area contributed by atoms with Crippen molar-refractivity contribution in [2.75, 3.05) is 26.2 Å². The first kappa shape index (κ1) is 16.9. The third kappa shape index (κ3) is 7.28. The molecule has 2 atom stereocenters. The molecule has 114 valence electrons. The Labute approximate surface area is 120 Å². The zero-order valence-corrected chi connectivity index (χ0v) is 13.8. The zero-order chi connectivity index (χ0) is 14.5. The summed E-state index contributed by atoms with van der Waals surface area (Å²) in [4.78, 5) is 2.60. The first-order valence-electron chi connectivity index (χ1n) is 7.89. The molecule has 3 heteroatoms. The molecule has 0 radical (unpaired) electrons. The number of rotatable bonds is 5. The number of hydrogen-bond donors (Lipinski definition) is 1. The molecule has 1 aliphatic rings. The van der Waals surface area contributed by atoms with Gasteiger partial charge in [0.2, 0.25) is 0 Å². The normalized spacial score (nSPS) is 26.7. The maximum atomic E-state index is 5.88. The fraction of sp³-hybridized carbons (Fsp3) is 1.00. The van der Waals surface area contributed by atoms with Crippen LogP contribution in [0, 0.1) is 5.92 Å². The van der Waals surface area contributed by atoms with E-state index in [1.807, 2.05) is 0 Å². The van der Waals surface area contributed by atoms with Gasteiger partial charge in [0.1, 0.15) is 0 Å². The van der Waals surface area contributed by atoms with Crippen molar-refractivity contribution in [2.24, 2.45) is 5.92 Å². The van der Waals surface area contributed by atoms with Crippen LogP contribution >= 0.6 is 0 Å². The minimum Gasteiger partial charge on any atom is -0.375 e. The Morgan fingerprint density at radius 3 is 2.58 bits per heavy atom. The molecule has 0 amide bonds. The lowest BCUT2D eigenvalue weighted by Crippen LogP contribution is -2.42. The topological polar surface area (TPSA) is 24.5 Å². The number of nitrogens with one attached hydrogen (secondary N) is 1. The molecule has 1 fully saturated rings. The molecule has 2 unspecified atom stereocenters. The van der Waals surface area contributed by atoms with Gasteiger partial charge in [-0.15, -0.1) is 0 Å². The highest BCUT2D eigenvalue weighted by atomic mass is 16.5. The summed E-state index contributed by atoms with van der Waals surface area (Å²) in [5.41, 5.74) is -0.0231. The predicted octanol–water partition coefficient (Wildman–Crippen LogP) is 2.90. The Kier molecular flexibility index (Phi) is 6.78. The molecule has 0 bridgehead atoms. The number of nitrogens with zero attached hydrogens (tertiary/aromatic N) is 1. The maximum Gasteiger partial charge on any atom is 0.0600 e. The van der Waals surface area contributed by atoms with Gasteiger partial charge in [-0.3, -0.25) is 4.90 Å². The van der Waals surface area contributed by atoms with Crippen molar-refractivity contribution in [1.82, 2.24) is 10.2 Å². The van der Waals surface area contributed by atoms with Crippen LogP contribution in [-0.4, -0.2) is 48.8 Å². The SMILES string of the molecule is CC(C)CC1CN(CCOC(C)(C)C)C(C)CCN1. The van der Waals surface area contributed by atoms with Gasteiger partial charge in [-0.05, 0) is 53.0 Å². The molecule has 1 aliphatic heterocycles. The molecule has 19 heavy (non-hydrogen) atoms. The van der Waals surface area contributed by atoms with Crippen LogP contribution in [0.3, 0.4) is 0 Å². The van der Waals surface area contributed by atoms with Crippen molar-refractivity contribution in [3.05, 3.63) is 0 Å². The summed E-state index contributed by atoms with van der Waals surface area (Å²) in [6.45, 7) is 17.5. The van der Waals surface area contributed by atoms with E-state index in [0.29, 0.717) is 12.1 Å². The standard InChI is InChI=1S/C16H34N2O/c1-13(2)11-15-12-18(14(3)7-8-17-15)9-10-19-16(4,5)6/h13-15,17H,7-12H2,1-6H3. The van der Waals surface area contributed by atoms with Crippen molar-refractivity contribution in [3.8, 4) is 0 Å². The van der Waals surface area contributed by atoms with E-state index < -0.39 is 0 Å². The van der Waals surface area contributed by atoms with Gasteiger partial charge in [-0.2, -0.15) is 0 Å². The fourth-order valence-corrected chi connectivity index (χ4v) is 2.71. The smallest absolute Gasteiger partial charge is 0.0600 e. The van der Waals surface area contributed by atoms with Gasteiger partial charge in [0, 0.05) is 25.2 Å². The van der Waals surface area contributed by atoms with Crippen LogP contribution in [-0.2, 0) is 4.74 Å². The molecule has 0 aliphatic carbocycles. The average molecular weight is 270 g/mol. The quantitative estimate of drug-likeness (QED) is 0.831. The van der Waals surface area contributed by atoms with E-state index in [9.17, 15) is 0 Å². The third-order valence-electron chi connectivity index (χ3n) is 3.74. The number of hydrogen-bond acceptors (Lipinski definition) is 3. The van der Waals surface area contributed by atoms with Crippen LogP contribution in [0.15, 0.2) is 0 Å². The predicted molar refractivity (Wildman–Crippen MR) is 82.6 cm³/mol. The average Bonchev–Trinajstić information content (AvgIpc) is 2.39. The molecule has 0 saturated carbocycles. The largest absolute Gasteiger partial charge is 0.375 e. The molecule has 0 aromatic carbocycles. The first-order chi connectivity index (χ1) is 8.78. The Morgan fingerprint density at radius 1 is 1.32 bits per heavy atom. The first-order valence-corrected chi connectivity index (χ1v) is 7.89. The monoisotopic (exact) mass is 270 g/mol. The molecule has 1 N–H and O–H groups in total. The Balaban J connectivity index is 2.43. The van der Waals surface area contributed by atoms with Gasteiger partial charge in [-0.1, -0.05) is 13.8 Å². The van der Waals surface area contributed by atoms with Gasteiger partial charge < -0.3 is 10.1 Å². The summed E-state index contributed by atoms with van der Waals surface area (Å²) >= 11 is 0. The summed E-state index contributed by atoms with van der Waals surface area (Å²) in [5, 5.41) is 3.70. The van der Waals surface area contributed by atoms with Crippen molar-refractivity contribution in [3.63, 3.8) is 0 Å². The maximum absolute atomic E-state index is 5.88. The van der Waals surface area contributed by atoms with Crippen LogP contribution < -0.4 is 5.32 Å². The lowest BCUT2D eigenvalue weighted by Gasteiger charge is -2.31. The van der Waals surface area contributed by atoms with Crippen molar-refractivity contribution in [1.29, 1.82) is 0 Å². The van der Waals surface area contributed by atoms with E-state index in [2.05, 4.69) is 51.8 Å². The minimum atomic E-state index is -0.0231. The van der Waals surface area contributed by atoms with Crippen LogP contribution in [0.1, 0.15) is 54.4 Å². The molecule has 1 rings (SSSR count). The molecule has 0 aromatic heterocycles.